The van der Waals surface area contributed by atoms with E-state index in [4.69, 9.17) is 4.74 Å². The van der Waals surface area contributed by atoms with E-state index in [0.717, 1.165) is 56.3 Å². The van der Waals surface area contributed by atoms with Gasteiger partial charge in [0.2, 0.25) is 0 Å². The number of aliphatic hydroxyl groups excluding tert-OH is 1. The summed E-state index contributed by atoms with van der Waals surface area (Å²) in [6, 6.07) is 10.5. The topological polar surface area (TPSA) is 63.6 Å². The van der Waals surface area contributed by atoms with Crippen LogP contribution in [0.25, 0.3) is 0 Å². The summed E-state index contributed by atoms with van der Waals surface area (Å²) in [4.78, 5) is 25.0. The van der Waals surface area contributed by atoms with Gasteiger partial charge in [0.1, 0.15) is 17.3 Å². The van der Waals surface area contributed by atoms with Crippen LogP contribution in [0.2, 0.25) is 0 Å². The maximum absolute atomic E-state index is 13.4. The lowest BCUT2D eigenvalue weighted by atomic mass is 9.63. The summed E-state index contributed by atoms with van der Waals surface area (Å²) < 4.78 is 6.26. The quantitative estimate of drug-likeness (QED) is 0.464. The molecule has 4 heteroatoms. The number of carbonyl (C=O) groups excluding carboxylic acids is 2. The summed E-state index contributed by atoms with van der Waals surface area (Å²) in [5.41, 5.74) is 3.92. The molecule has 3 aliphatic rings. The van der Waals surface area contributed by atoms with Gasteiger partial charge in [0, 0.05) is 30.4 Å². The lowest BCUT2D eigenvalue weighted by Crippen LogP contribution is -2.36. The summed E-state index contributed by atoms with van der Waals surface area (Å²) in [6.07, 6.45) is 10.5. The molecule has 4 nitrogen and oxygen atoms in total. The molecule has 1 fully saturated rings. The molecule has 0 saturated heterocycles. The molecule has 0 aliphatic heterocycles. The zero-order valence-electron chi connectivity index (χ0n) is 19.9. The van der Waals surface area contributed by atoms with Crippen LogP contribution in [-0.2, 0) is 20.7 Å². The third-order valence-corrected chi connectivity index (χ3v) is 7.41. The molecular weight excluding hydrogens is 412 g/mol. The summed E-state index contributed by atoms with van der Waals surface area (Å²) >= 11 is 0. The Morgan fingerprint density at radius 1 is 1.15 bits per heavy atom. The standard InChI is InChI=1S/C29H36O4/c1-19(30)15-16-25-23-13-6-7-14-24(23)26-17-22(18-27(31)28(26)29(25)32)33-20(2)9-8-12-21-10-4-3-5-11-21/h3-5,10-11,18,20,24,26,31H,6-9,12-17H2,1-2H3/t20-,24?,26?/m1/s1. The van der Waals surface area contributed by atoms with Gasteiger partial charge in [-0.1, -0.05) is 42.3 Å². The highest BCUT2D eigenvalue weighted by molar-refractivity contribution is 6.11. The molecule has 0 radical (unpaired) electrons. The van der Waals surface area contributed by atoms with E-state index >= 15 is 0 Å². The number of hydrogen-bond donors (Lipinski definition) is 1. The summed E-state index contributed by atoms with van der Waals surface area (Å²) in [5, 5.41) is 10.9. The number of aryl methyl sites for hydroxylation is 1. The lowest BCUT2D eigenvalue weighted by molar-refractivity contribution is -0.117. The van der Waals surface area contributed by atoms with E-state index in [1.54, 1.807) is 13.0 Å². The molecule has 0 aromatic heterocycles. The molecule has 3 atom stereocenters. The Balaban J connectivity index is 1.45. The fourth-order valence-corrected chi connectivity index (χ4v) is 5.81. The summed E-state index contributed by atoms with van der Waals surface area (Å²) in [5.74, 6) is 1.18. The molecule has 176 valence electrons. The van der Waals surface area contributed by atoms with Crippen molar-refractivity contribution < 1.29 is 19.4 Å². The maximum Gasteiger partial charge on any atom is 0.188 e. The zero-order chi connectivity index (χ0) is 23.4. The van der Waals surface area contributed by atoms with Crippen molar-refractivity contribution in [2.24, 2.45) is 11.8 Å². The minimum atomic E-state index is -0.0434. The Morgan fingerprint density at radius 3 is 2.70 bits per heavy atom. The molecule has 0 bridgehead atoms. The van der Waals surface area contributed by atoms with Crippen molar-refractivity contribution in [3.63, 3.8) is 0 Å². The molecule has 1 aromatic carbocycles. The first-order chi connectivity index (χ1) is 15.9. The van der Waals surface area contributed by atoms with Gasteiger partial charge in [-0.25, -0.2) is 0 Å². The number of fused-ring (bicyclic) bond motifs is 3. The van der Waals surface area contributed by atoms with Crippen molar-refractivity contribution in [1.82, 2.24) is 0 Å². The second kappa shape index (κ2) is 10.5. The highest BCUT2D eigenvalue weighted by Crippen LogP contribution is 2.50. The van der Waals surface area contributed by atoms with E-state index < -0.39 is 0 Å². The normalized spacial score (nSPS) is 23.6. The second-order valence-corrected chi connectivity index (χ2v) is 9.91. The van der Waals surface area contributed by atoms with Gasteiger partial charge in [-0.05, 0) is 75.8 Å². The molecule has 2 unspecified atom stereocenters. The molecule has 1 aromatic rings. The fourth-order valence-electron chi connectivity index (χ4n) is 5.81. The van der Waals surface area contributed by atoms with Crippen molar-refractivity contribution in [2.45, 2.75) is 84.2 Å². The largest absolute Gasteiger partial charge is 0.507 e. The average Bonchev–Trinajstić information content (AvgIpc) is 2.79. The lowest BCUT2D eigenvalue weighted by Gasteiger charge is -2.41. The second-order valence-electron chi connectivity index (χ2n) is 9.91. The number of aliphatic hydroxyl groups is 1. The van der Waals surface area contributed by atoms with Gasteiger partial charge in [-0.15, -0.1) is 0 Å². The Hall–Kier alpha value is -2.62. The molecule has 33 heavy (non-hydrogen) atoms. The number of ketones is 2. The van der Waals surface area contributed by atoms with Gasteiger partial charge >= 0.3 is 0 Å². The molecule has 0 amide bonds. The molecule has 0 heterocycles. The van der Waals surface area contributed by atoms with Crippen LogP contribution in [0.15, 0.2) is 64.6 Å². The third-order valence-electron chi connectivity index (χ3n) is 7.41. The molecule has 4 rings (SSSR count). The predicted octanol–water partition coefficient (Wildman–Crippen LogP) is 6.57. The van der Waals surface area contributed by atoms with Gasteiger partial charge in [0.15, 0.2) is 5.78 Å². The van der Waals surface area contributed by atoms with Crippen LogP contribution in [-0.4, -0.2) is 22.8 Å². The van der Waals surface area contributed by atoms with Gasteiger partial charge in [-0.2, -0.15) is 0 Å². The average molecular weight is 449 g/mol. The number of carbonyl (C=O) groups is 2. The number of benzene rings is 1. The SMILES string of the molecule is CC(=O)CCC1=C2CCCCC2C2CC(O[C@H](C)CCCc3ccccc3)=CC(O)=C2C1=O. The maximum atomic E-state index is 13.4. The van der Waals surface area contributed by atoms with Crippen LogP contribution >= 0.6 is 0 Å². The van der Waals surface area contributed by atoms with Gasteiger partial charge in [-0.3, -0.25) is 4.79 Å². The first kappa shape index (κ1) is 23.5. The minimum Gasteiger partial charge on any atom is -0.507 e. The third kappa shape index (κ3) is 5.48. The molecule has 3 aliphatic carbocycles. The highest BCUT2D eigenvalue weighted by atomic mass is 16.5. The minimum absolute atomic E-state index is 0.00889. The van der Waals surface area contributed by atoms with E-state index in [0.29, 0.717) is 24.8 Å². The first-order valence-corrected chi connectivity index (χ1v) is 12.5. The van der Waals surface area contributed by atoms with Crippen molar-refractivity contribution in [3.8, 4) is 0 Å². The Kier molecular flexibility index (Phi) is 7.52. The molecule has 0 spiro atoms. The van der Waals surface area contributed by atoms with Crippen molar-refractivity contribution in [3.05, 3.63) is 70.2 Å². The highest BCUT2D eigenvalue weighted by Gasteiger charge is 2.44. The van der Waals surface area contributed by atoms with Crippen molar-refractivity contribution >= 4 is 11.6 Å². The molecular formula is C29H36O4. The number of rotatable bonds is 9. The fraction of sp³-hybridized carbons (Fsp3) is 0.517. The summed E-state index contributed by atoms with van der Waals surface area (Å²) in [7, 11) is 0. The predicted molar refractivity (Wildman–Crippen MR) is 130 cm³/mol. The Bertz CT molecular complexity index is 982. The van der Waals surface area contributed by atoms with E-state index in [1.165, 1.54) is 11.1 Å². The Morgan fingerprint density at radius 2 is 1.94 bits per heavy atom. The van der Waals surface area contributed by atoms with E-state index in [1.807, 2.05) is 6.07 Å². The zero-order valence-corrected chi connectivity index (χ0v) is 19.9. The smallest absolute Gasteiger partial charge is 0.188 e. The van der Waals surface area contributed by atoms with Crippen LogP contribution in [0.4, 0.5) is 0 Å². The van der Waals surface area contributed by atoms with E-state index in [9.17, 15) is 14.7 Å². The van der Waals surface area contributed by atoms with E-state index in [-0.39, 0.29) is 35.3 Å². The number of Topliss-reactive ketones (excluding diaryl/α,β-unsaturated/α-hetero) is 2. The van der Waals surface area contributed by atoms with E-state index in [2.05, 4.69) is 31.2 Å². The number of ether oxygens (including phenoxy) is 1. The Labute approximate surface area is 197 Å². The first-order valence-electron chi connectivity index (χ1n) is 12.5. The van der Waals surface area contributed by atoms with Crippen LogP contribution < -0.4 is 0 Å². The van der Waals surface area contributed by atoms with Gasteiger partial charge in [0.25, 0.3) is 0 Å². The molecule has 1 N–H and O–H groups in total. The van der Waals surface area contributed by atoms with Gasteiger partial charge in [0.05, 0.1) is 6.10 Å². The van der Waals surface area contributed by atoms with Crippen molar-refractivity contribution in [1.29, 1.82) is 0 Å². The van der Waals surface area contributed by atoms with Crippen LogP contribution in [0, 0.1) is 11.8 Å². The summed E-state index contributed by atoms with van der Waals surface area (Å²) in [6.45, 7) is 3.66. The number of hydrogen-bond acceptors (Lipinski definition) is 4. The van der Waals surface area contributed by atoms with Crippen LogP contribution in [0.1, 0.15) is 77.2 Å². The van der Waals surface area contributed by atoms with Gasteiger partial charge < -0.3 is 14.6 Å². The monoisotopic (exact) mass is 448 g/mol. The molecule has 1 saturated carbocycles. The van der Waals surface area contributed by atoms with Crippen molar-refractivity contribution in [2.75, 3.05) is 0 Å². The van der Waals surface area contributed by atoms with Crippen LogP contribution in [0.3, 0.4) is 0 Å². The van der Waals surface area contributed by atoms with Crippen LogP contribution in [0.5, 0.6) is 0 Å². The number of allylic oxidation sites excluding steroid dienone is 5.